The van der Waals surface area contributed by atoms with E-state index in [-0.39, 0.29) is 11.6 Å². The van der Waals surface area contributed by atoms with Gasteiger partial charge in [0.1, 0.15) is 6.54 Å². The predicted octanol–water partition coefficient (Wildman–Crippen LogP) is 1.88. The van der Waals surface area contributed by atoms with E-state index >= 15 is 0 Å². The van der Waals surface area contributed by atoms with Crippen LogP contribution >= 0.6 is 0 Å². The Balaban J connectivity index is 2.47. The highest BCUT2D eigenvalue weighted by Gasteiger charge is 2.31. The minimum absolute atomic E-state index is 0.0434. The number of hydrogen-bond acceptors (Lipinski definition) is 5. The number of nitrogen functional groups attached to an aromatic ring is 1. The molecule has 1 heterocycles. The van der Waals surface area contributed by atoms with Gasteiger partial charge in [0.05, 0.1) is 17.9 Å². The van der Waals surface area contributed by atoms with Gasteiger partial charge in [0.2, 0.25) is 0 Å². The first-order valence-electron chi connectivity index (χ1n) is 5.77. The Kier molecular flexibility index (Phi) is 3.77. The molecule has 0 atom stereocenters. The summed E-state index contributed by atoms with van der Waals surface area (Å²) in [6.07, 6.45) is -4.42. The van der Waals surface area contributed by atoms with Crippen molar-refractivity contribution in [1.29, 1.82) is 0 Å². The SMILES string of the molecule is CCOc1c(N)cccc1-c1nnnn1CC(F)(F)F. The molecule has 0 aliphatic heterocycles. The van der Waals surface area contributed by atoms with Crippen molar-refractivity contribution in [2.75, 3.05) is 12.3 Å². The average Bonchev–Trinajstić information content (AvgIpc) is 2.77. The smallest absolute Gasteiger partial charge is 0.408 e. The number of halogens is 3. The van der Waals surface area contributed by atoms with Crippen LogP contribution < -0.4 is 10.5 Å². The number of nitrogens with zero attached hydrogens (tertiary/aromatic N) is 4. The zero-order chi connectivity index (χ0) is 14.8. The zero-order valence-electron chi connectivity index (χ0n) is 10.6. The van der Waals surface area contributed by atoms with Crippen molar-refractivity contribution in [2.24, 2.45) is 0 Å². The summed E-state index contributed by atoms with van der Waals surface area (Å²) < 4.78 is 43.4. The van der Waals surface area contributed by atoms with Crippen LogP contribution in [-0.4, -0.2) is 33.0 Å². The molecular formula is C11H12F3N5O. The van der Waals surface area contributed by atoms with E-state index in [9.17, 15) is 13.2 Å². The Labute approximate surface area is 112 Å². The van der Waals surface area contributed by atoms with Gasteiger partial charge in [-0.3, -0.25) is 0 Å². The average molecular weight is 287 g/mol. The number of para-hydroxylation sites is 1. The molecule has 0 aliphatic rings. The number of rotatable bonds is 4. The van der Waals surface area contributed by atoms with Gasteiger partial charge in [-0.1, -0.05) is 6.07 Å². The second-order valence-electron chi connectivity index (χ2n) is 3.93. The number of nitrogens with two attached hydrogens (primary N) is 1. The van der Waals surface area contributed by atoms with Gasteiger partial charge >= 0.3 is 6.18 Å². The number of ether oxygens (including phenoxy) is 1. The third-order valence-corrected chi connectivity index (χ3v) is 2.44. The number of aromatic nitrogens is 4. The van der Waals surface area contributed by atoms with Crippen molar-refractivity contribution in [1.82, 2.24) is 20.2 Å². The van der Waals surface area contributed by atoms with Crippen molar-refractivity contribution in [3.8, 4) is 17.1 Å². The summed E-state index contributed by atoms with van der Waals surface area (Å²) in [4.78, 5) is 0. The molecule has 6 nitrogen and oxygen atoms in total. The van der Waals surface area contributed by atoms with Gasteiger partial charge in [0.15, 0.2) is 11.6 Å². The monoisotopic (exact) mass is 287 g/mol. The van der Waals surface area contributed by atoms with Gasteiger partial charge < -0.3 is 10.5 Å². The molecule has 108 valence electrons. The van der Waals surface area contributed by atoms with E-state index in [4.69, 9.17) is 10.5 Å². The molecule has 0 amide bonds. The highest BCUT2D eigenvalue weighted by Crippen LogP contribution is 2.34. The van der Waals surface area contributed by atoms with Gasteiger partial charge in [-0.15, -0.1) is 5.10 Å². The summed E-state index contributed by atoms with van der Waals surface area (Å²) in [6.45, 7) is 0.784. The molecule has 0 spiro atoms. The minimum atomic E-state index is -4.42. The normalized spacial score (nSPS) is 11.6. The number of anilines is 1. The molecule has 9 heteroatoms. The van der Waals surface area contributed by atoms with Crippen LogP contribution in [0.1, 0.15) is 6.92 Å². The maximum absolute atomic E-state index is 12.5. The van der Waals surface area contributed by atoms with E-state index in [2.05, 4.69) is 15.5 Å². The number of tetrazole rings is 1. The molecule has 0 fully saturated rings. The molecule has 0 unspecified atom stereocenters. The Hall–Kier alpha value is -2.32. The molecule has 2 aromatic rings. The van der Waals surface area contributed by atoms with Crippen molar-refractivity contribution in [3.63, 3.8) is 0 Å². The van der Waals surface area contributed by atoms with Gasteiger partial charge in [0, 0.05) is 0 Å². The molecule has 1 aromatic carbocycles. The fourth-order valence-electron chi connectivity index (χ4n) is 1.71. The quantitative estimate of drug-likeness (QED) is 0.869. The molecule has 2 N–H and O–H groups in total. The molecule has 0 aliphatic carbocycles. The van der Waals surface area contributed by atoms with Gasteiger partial charge in [0.25, 0.3) is 0 Å². The van der Waals surface area contributed by atoms with E-state index < -0.39 is 12.7 Å². The number of benzene rings is 1. The molecule has 0 bridgehead atoms. The Morgan fingerprint density at radius 3 is 2.75 bits per heavy atom. The first-order chi connectivity index (χ1) is 9.42. The Bertz CT molecular complexity index is 596. The van der Waals surface area contributed by atoms with Gasteiger partial charge in [-0.2, -0.15) is 13.2 Å². The van der Waals surface area contributed by atoms with E-state index in [1.54, 1.807) is 25.1 Å². The van der Waals surface area contributed by atoms with E-state index in [1.807, 2.05) is 0 Å². The van der Waals surface area contributed by atoms with Crippen LogP contribution in [0, 0.1) is 0 Å². The van der Waals surface area contributed by atoms with Crippen molar-refractivity contribution in [2.45, 2.75) is 19.6 Å². The highest BCUT2D eigenvalue weighted by atomic mass is 19.4. The lowest BCUT2D eigenvalue weighted by Gasteiger charge is -2.13. The van der Waals surface area contributed by atoms with Crippen LogP contribution in [0.15, 0.2) is 18.2 Å². The molecule has 2 rings (SSSR count). The lowest BCUT2D eigenvalue weighted by atomic mass is 10.1. The Morgan fingerprint density at radius 2 is 2.10 bits per heavy atom. The van der Waals surface area contributed by atoms with Crippen LogP contribution in [0.3, 0.4) is 0 Å². The molecule has 0 saturated heterocycles. The van der Waals surface area contributed by atoms with Crippen LogP contribution in [0.5, 0.6) is 5.75 Å². The van der Waals surface area contributed by atoms with Crippen molar-refractivity contribution < 1.29 is 17.9 Å². The fraction of sp³-hybridized carbons (Fsp3) is 0.364. The second kappa shape index (κ2) is 5.35. The Morgan fingerprint density at radius 1 is 1.35 bits per heavy atom. The van der Waals surface area contributed by atoms with Gasteiger partial charge in [-0.25, -0.2) is 4.68 Å². The predicted molar refractivity (Wildman–Crippen MR) is 64.9 cm³/mol. The maximum Gasteiger partial charge on any atom is 0.408 e. The van der Waals surface area contributed by atoms with Gasteiger partial charge in [-0.05, 0) is 29.5 Å². The first-order valence-corrected chi connectivity index (χ1v) is 5.77. The molecule has 1 aromatic heterocycles. The minimum Gasteiger partial charge on any atom is -0.491 e. The molecule has 0 radical (unpaired) electrons. The van der Waals surface area contributed by atoms with E-state index in [0.29, 0.717) is 22.5 Å². The maximum atomic E-state index is 12.5. The summed E-state index contributed by atoms with van der Waals surface area (Å²) in [5.74, 6) is 0.228. The van der Waals surface area contributed by atoms with Crippen LogP contribution in [0.2, 0.25) is 0 Å². The van der Waals surface area contributed by atoms with E-state index in [1.165, 1.54) is 0 Å². The number of hydrogen-bond donors (Lipinski definition) is 1. The molecule has 20 heavy (non-hydrogen) atoms. The first kappa shape index (κ1) is 14.1. The lowest BCUT2D eigenvalue weighted by Crippen LogP contribution is -2.19. The summed E-state index contributed by atoms with van der Waals surface area (Å²) >= 11 is 0. The zero-order valence-corrected chi connectivity index (χ0v) is 10.6. The molecule has 0 saturated carbocycles. The van der Waals surface area contributed by atoms with Crippen LogP contribution in [-0.2, 0) is 6.54 Å². The van der Waals surface area contributed by atoms with Crippen LogP contribution in [0.25, 0.3) is 11.4 Å². The van der Waals surface area contributed by atoms with E-state index in [0.717, 1.165) is 0 Å². The third-order valence-electron chi connectivity index (χ3n) is 2.44. The topological polar surface area (TPSA) is 78.8 Å². The second-order valence-corrected chi connectivity index (χ2v) is 3.93. The van der Waals surface area contributed by atoms with Crippen molar-refractivity contribution >= 4 is 5.69 Å². The summed E-state index contributed by atoms with van der Waals surface area (Å²) in [5, 5.41) is 10.2. The number of alkyl halides is 3. The fourth-order valence-corrected chi connectivity index (χ4v) is 1.71. The van der Waals surface area contributed by atoms with Crippen LogP contribution in [0.4, 0.5) is 18.9 Å². The van der Waals surface area contributed by atoms with Crippen molar-refractivity contribution in [3.05, 3.63) is 18.2 Å². The lowest BCUT2D eigenvalue weighted by molar-refractivity contribution is -0.142. The molecular weight excluding hydrogens is 275 g/mol. The largest absolute Gasteiger partial charge is 0.491 e. The summed E-state index contributed by atoms with van der Waals surface area (Å²) in [6, 6.07) is 4.74. The standard InChI is InChI=1S/C11H12F3N5O/c1-2-20-9-7(4-3-5-8(9)15)10-16-17-18-19(10)6-11(12,13)14/h3-5H,2,6,15H2,1H3. The summed E-state index contributed by atoms with van der Waals surface area (Å²) in [5.41, 5.74) is 6.40. The summed E-state index contributed by atoms with van der Waals surface area (Å²) in [7, 11) is 0. The highest BCUT2D eigenvalue weighted by molar-refractivity contribution is 5.73. The third kappa shape index (κ3) is 2.98.